The van der Waals surface area contributed by atoms with Gasteiger partial charge in [-0.05, 0) is 49.2 Å². The molecule has 4 rings (SSSR count). The van der Waals surface area contributed by atoms with Crippen LogP contribution in [0.3, 0.4) is 0 Å². The summed E-state index contributed by atoms with van der Waals surface area (Å²) in [5.41, 5.74) is 1.21. The van der Waals surface area contributed by atoms with Crippen LogP contribution in [0.4, 0.5) is 0 Å². The molecule has 0 bridgehead atoms. The van der Waals surface area contributed by atoms with E-state index in [1.165, 1.54) is 0 Å². The lowest BCUT2D eigenvalue weighted by atomic mass is 10.00. The highest BCUT2D eigenvalue weighted by Crippen LogP contribution is 2.44. The number of rotatable bonds is 5. The van der Waals surface area contributed by atoms with Crippen LogP contribution in [0.25, 0.3) is 0 Å². The Balaban J connectivity index is 1.47. The number of carbonyl (C=O) groups excluding carboxylic acids is 2. The molecule has 7 nitrogen and oxygen atoms in total. The maximum absolute atomic E-state index is 13.3. The summed E-state index contributed by atoms with van der Waals surface area (Å²) in [5, 5.41) is 0. The Bertz CT molecular complexity index is 964. The van der Waals surface area contributed by atoms with Crippen molar-refractivity contribution in [3.8, 4) is 17.2 Å². The molecule has 8 heteroatoms. The topological polar surface area (TPSA) is 68.3 Å². The van der Waals surface area contributed by atoms with Gasteiger partial charge in [-0.15, -0.1) is 11.8 Å². The van der Waals surface area contributed by atoms with E-state index in [2.05, 4.69) is 0 Å². The largest absolute Gasteiger partial charge is 0.497 e. The fourth-order valence-electron chi connectivity index (χ4n) is 4.37. The average molecular weight is 457 g/mol. The summed E-state index contributed by atoms with van der Waals surface area (Å²) in [6.45, 7) is 1.91. The summed E-state index contributed by atoms with van der Waals surface area (Å²) in [6, 6.07) is 12.5. The van der Waals surface area contributed by atoms with Crippen molar-refractivity contribution in [3.05, 3.63) is 53.6 Å². The molecule has 2 fully saturated rings. The zero-order chi connectivity index (χ0) is 22.7. The van der Waals surface area contributed by atoms with Crippen molar-refractivity contribution in [1.29, 1.82) is 0 Å². The van der Waals surface area contributed by atoms with Crippen molar-refractivity contribution >= 4 is 23.6 Å². The van der Waals surface area contributed by atoms with Gasteiger partial charge in [-0.1, -0.05) is 0 Å². The van der Waals surface area contributed by atoms with Crippen LogP contribution >= 0.6 is 11.8 Å². The first-order valence-corrected chi connectivity index (χ1v) is 11.6. The Kier molecular flexibility index (Phi) is 6.50. The molecular formula is C24H28N2O5S. The van der Waals surface area contributed by atoms with Gasteiger partial charge >= 0.3 is 0 Å². The second kappa shape index (κ2) is 9.32. The number of hydrogen-bond donors (Lipinski definition) is 0. The molecule has 1 spiro atoms. The molecule has 0 atom stereocenters. The van der Waals surface area contributed by atoms with Crippen LogP contribution in [0.2, 0.25) is 0 Å². The molecule has 0 N–H and O–H groups in total. The van der Waals surface area contributed by atoms with E-state index in [9.17, 15) is 9.59 Å². The van der Waals surface area contributed by atoms with Gasteiger partial charge in [0.05, 0.1) is 26.2 Å². The van der Waals surface area contributed by atoms with E-state index in [1.54, 1.807) is 39.5 Å². The molecule has 0 saturated carbocycles. The first kappa shape index (κ1) is 22.3. The lowest BCUT2D eigenvalue weighted by Gasteiger charge is -2.44. The molecule has 0 radical (unpaired) electrons. The molecule has 2 aromatic rings. The quantitative estimate of drug-likeness (QED) is 0.686. The molecule has 2 saturated heterocycles. The number of hydrogen-bond acceptors (Lipinski definition) is 6. The Morgan fingerprint density at radius 2 is 1.38 bits per heavy atom. The van der Waals surface area contributed by atoms with Crippen molar-refractivity contribution in [1.82, 2.24) is 9.80 Å². The number of piperidine rings is 1. The lowest BCUT2D eigenvalue weighted by molar-refractivity contribution is 0.0497. The Morgan fingerprint density at radius 1 is 0.781 bits per heavy atom. The maximum Gasteiger partial charge on any atom is 0.255 e. The first-order valence-electron chi connectivity index (χ1n) is 10.6. The van der Waals surface area contributed by atoms with Crippen molar-refractivity contribution in [2.75, 3.05) is 46.7 Å². The molecule has 0 unspecified atom stereocenters. The molecule has 170 valence electrons. The summed E-state index contributed by atoms with van der Waals surface area (Å²) in [7, 11) is 4.75. The minimum absolute atomic E-state index is 0.0370. The van der Waals surface area contributed by atoms with Gasteiger partial charge in [-0.25, -0.2) is 0 Å². The Hall–Kier alpha value is -2.87. The van der Waals surface area contributed by atoms with Crippen LogP contribution in [0.1, 0.15) is 33.6 Å². The minimum atomic E-state index is -0.264. The highest BCUT2D eigenvalue weighted by molar-refractivity contribution is 8.00. The zero-order valence-electron chi connectivity index (χ0n) is 18.6. The average Bonchev–Trinajstić information content (AvgIpc) is 3.25. The number of thioether (sulfide) groups is 1. The summed E-state index contributed by atoms with van der Waals surface area (Å²) in [6.07, 6.45) is 1.48. The third-order valence-electron chi connectivity index (χ3n) is 6.19. The van der Waals surface area contributed by atoms with Gasteiger partial charge in [-0.2, -0.15) is 0 Å². The number of amides is 2. The molecule has 0 aromatic heterocycles. The second-order valence-electron chi connectivity index (χ2n) is 7.87. The van der Waals surface area contributed by atoms with Crippen LogP contribution in [-0.2, 0) is 0 Å². The van der Waals surface area contributed by atoms with E-state index < -0.39 is 0 Å². The van der Waals surface area contributed by atoms with Crippen molar-refractivity contribution in [2.45, 2.75) is 17.7 Å². The number of methoxy groups -OCH3 is 3. The molecule has 2 amide bonds. The second-order valence-corrected chi connectivity index (χ2v) is 9.33. The molecule has 2 heterocycles. The normalized spacial score (nSPS) is 17.3. The fraction of sp³-hybridized carbons (Fsp3) is 0.417. The predicted molar refractivity (Wildman–Crippen MR) is 124 cm³/mol. The van der Waals surface area contributed by atoms with E-state index in [4.69, 9.17) is 14.2 Å². The van der Waals surface area contributed by atoms with Crippen LogP contribution < -0.4 is 14.2 Å². The maximum atomic E-state index is 13.3. The number of carbonyl (C=O) groups is 2. The summed E-state index contributed by atoms with van der Waals surface area (Å²) < 4.78 is 15.8. The molecule has 2 aromatic carbocycles. The minimum Gasteiger partial charge on any atom is -0.497 e. The molecular weight excluding hydrogens is 428 g/mol. The van der Waals surface area contributed by atoms with Gasteiger partial charge < -0.3 is 24.0 Å². The Morgan fingerprint density at radius 3 is 1.94 bits per heavy atom. The predicted octanol–water partition coefficient (Wildman–Crippen LogP) is 3.53. The van der Waals surface area contributed by atoms with Gasteiger partial charge in [0.15, 0.2) is 0 Å². The van der Waals surface area contributed by atoms with Crippen LogP contribution in [0.5, 0.6) is 17.2 Å². The Labute approximate surface area is 192 Å². The fourth-order valence-corrected chi connectivity index (χ4v) is 5.83. The van der Waals surface area contributed by atoms with Crippen molar-refractivity contribution in [2.24, 2.45) is 0 Å². The van der Waals surface area contributed by atoms with E-state index in [1.807, 2.05) is 45.8 Å². The smallest absolute Gasteiger partial charge is 0.255 e. The lowest BCUT2D eigenvalue weighted by Crippen LogP contribution is -2.53. The molecule has 2 aliphatic rings. The molecule has 2 aliphatic heterocycles. The SMILES string of the molecule is COc1ccc(C(=O)N2CCSC23CCN(C(=O)c2cc(OC)cc(OC)c2)CC3)cc1. The zero-order valence-corrected chi connectivity index (χ0v) is 19.4. The van der Waals surface area contributed by atoms with Crippen molar-refractivity contribution in [3.63, 3.8) is 0 Å². The summed E-state index contributed by atoms with van der Waals surface area (Å²) in [4.78, 5) is 30.0. The van der Waals surface area contributed by atoms with Crippen molar-refractivity contribution < 1.29 is 23.8 Å². The van der Waals surface area contributed by atoms with E-state index in [-0.39, 0.29) is 16.7 Å². The third-order valence-corrected chi connectivity index (χ3v) is 7.74. The highest BCUT2D eigenvalue weighted by Gasteiger charge is 2.47. The van der Waals surface area contributed by atoms with Crippen LogP contribution in [0, 0.1) is 0 Å². The van der Waals surface area contributed by atoms with Crippen LogP contribution in [0.15, 0.2) is 42.5 Å². The monoisotopic (exact) mass is 456 g/mol. The van der Waals surface area contributed by atoms with Gasteiger partial charge in [0.25, 0.3) is 11.8 Å². The van der Waals surface area contributed by atoms with E-state index in [0.717, 1.165) is 30.9 Å². The highest BCUT2D eigenvalue weighted by atomic mass is 32.2. The van der Waals surface area contributed by atoms with Gasteiger partial charge in [0, 0.05) is 42.6 Å². The molecule has 0 aliphatic carbocycles. The van der Waals surface area contributed by atoms with E-state index in [0.29, 0.717) is 35.7 Å². The van der Waals surface area contributed by atoms with E-state index >= 15 is 0 Å². The third kappa shape index (κ3) is 4.24. The van der Waals surface area contributed by atoms with Gasteiger partial charge in [0.2, 0.25) is 0 Å². The number of ether oxygens (including phenoxy) is 3. The number of likely N-dealkylation sites (tertiary alicyclic amines) is 1. The first-order chi connectivity index (χ1) is 15.5. The van der Waals surface area contributed by atoms with Gasteiger partial charge in [-0.3, -0.25) is 9.59 Å². The molecule has 32 heavy (non-hydrogen) atoms. The number of nitrogens with zero attached hydrogens (tertiary/aromatic N) is 2. The van der Waals surface area contributed by atoms with Gasteiger partial charge in [0.1, 0.15) is 17.2 Å². The summed E-state index contributed by atoms with van der Waals surface area (Å²) in [5.74, 6) is 2.80. The standard InChI is InChI=1S/C24H28N2O5S/c1-29-19-6-4-17(5-7-19)23(28)26-12-13-32-24(26)8-10-25(11-9-24)22(27)18-14-20(30-2)16-21(15-18)31-3/h4-7,14-16H,8-13H2,1-3H3. The van der Waals surface area contributed by atoms with Crippen LogP contribution in [-0.4, -0.2) is 73.2 Å². The summed E-state index contributed by atoms with van der Waals surface area (Å²) >= 11 is 1.83. The number of benzene rings is 2.